The SMILES string of the molecule is COCCNCC(C)(C)Cc1cc(Cl)cc2c1OCC2. The molecule has 0 radical (unpaired) electrons. The van der Waals surface area contributed by atoms with Gasteiger partial charge in [0.25, 0.3) is 0 Å². The fraction of sp³-hybridized carbons (Fsp3) is 0.625. The molecule has 1 aromatic carbocycles. The van der Waals surface area contributed by atoms with E-state index in [0.717, 1.165) is 49.9 Å². The molecule has 0 aliphatic carbocycles. The van der Waals surface area contributed by atoms with Gasteiger partial charge >= 0.3 is 0 Å². The molecular weight excluding hydrogens is 274 g/mol. The van der Waals surface area contributed by atoms with Gasteiger partial charge in [-0.05, 0) is 35.1 Å². The Morgan fingerprint density at radius 1 is 1.40 bits per heavy atom. The largest absolute Gasteiger partial charge is 0.493 e. The molecule has 3 nitrogen and oxygen atoms in total. The Kier molecular flexibility index (Phi) is 5.30. The van der Waals surface area contributed by atoms with Crippen molar-refractivity contribution in [1.29, 1.82) is 0 Å². The van der Waals surface area contributed by atoms with Crippen molar-refractivity contribution in [3.63, 3.8) is 0 Å². The molecule has 20 heavy (non-hydrogen) atoms. The summed E-state index contributed by atoms with van der Waals surface area (Å²) in [7, 11) is 1.72. The topological polar surface area (TPSA) is 30.5 Å². The predicted molar refractivity (Wildman–Crippen MR) is 82.9 cm³/mol. The molecule has 0 saturated carbocycles. The second-order valence-corrected chi connectivity index (χ2v) is 6.60. The molecule has 112 valence electrons. The lowest BCUT2D eigenvalue weighted by Crippen LogP contribution is -2.33. The summed E-state index contributed by atoms with van der Waals surface area (Å²) in [5.74, 6) is 1.05. The summed E-state index contributed by atoms with van der Waals surface area (Å²) in [4.78, 5) is 0. The first kappa shape index (κ1) is 15.6. The molecule has 0 amide bonds. The highest BCUT2D eigenvalue weighted by Crippen LogP contribution is 2.36. The van der Waals surface area contributed by atoms with Gasteiger partial charge in [-0.1, -0.05) is 25.4 Å². The average molecular weight is 298 g/mol. The molecule has 0 aromatic heterocycles. The molecule has 0 atom stereocenters. The first-order chi connectivity index (χ1) is 9.52. The Balaban J connectivity index is 2.02. The molecule has 4 heteroatoms. The van der Waals surface area contributed by atoms with Gasteiger partial charge < -0.3 is 14.8 Å². The predicted octanol–water partition coefficient (Wildman–Crippen LogP) is 3.08. The molecule has 1 heterocycles. The van der Waals surface area contributed by atoms with E-state index in [1.165, 1.54) is 11.1 Å². The van der Waals surface area contributed by atoms with Crippen LogP contribution in [-0.4, -0.2) is 33.4 Å². The molecule has 0 bridgehead atoms. The highest BCUT2D eigenvalue weighted by Gasteiger charge is 2.24. The summed E-state index contributed by atoms with van der Waals surface area (Å²) in [6.45, 7) is 7.85. The summed E-state index contributed by atoms with van der Waals surface area (Å²) in [6, 6.07) is 4.07. The van der Waals surface area contributed by atoms with E-state index in [0.29, 0.717) is 0 Å². The van der Waals surface area contributed by atoms with Gasteiger partial charge in [-0.25, -0.2) is 0 Å². The second kappa shape index (κ2) is 6.79. The third-order valence-electron chi connectivity index (χ3n) is 3.58. The molecule has 1 aliphatic rings. The van der Waals surface area contributed by atoms with Crippen LogP contribution in [0.2, 0.25) is 5.02 Å². The quantitative estimate of drug-likeness (QED) is 0.785. The summed E-state index contributed by atoms with van der Waals surface area (Å²) >= 11 is 6.22. The van der Waals surface area contributed by atoms with Gasteiger partial charge in [0.1, 0.15) is 5.75 Å². The van der Waals surface area contributed by atoms with Crippen LogP contribution in [0, 0.1) is 5.41 Å². The lowest BCUT2D eigenvalue weighted by atomic mass is 9.85. The van der Waals surface area contributed by atoms with Gasteiger partial charge in [-0.15, -0.1) is 0 Å². The normalized spacial score (nSPS) is 14.2. The Bertz CT molecular complexity index is 460. The Hall–Kier alpha value is -0.770. The molecule has 0 saturated heterocycles. The number of ether oxygens (including phenoxy) is 2. The standard InChI is InChI=1S/C16H24ClNO2/c1-16(2,11-18-5-7-19-3)10-13-9-14(17)8-12-4-6-20-15(12)13/h8-9,18H,4-7,10-11H2,1-3H3. The molecule has 1 N–H and O–H groups in total. The van der Waals surface area contributed by atoms with E-state index in [-0.39, 0.29) is 5.41 Å². The minimum Gasteiger partial charge on any atom is -0.493 e. The van der Waals surface area contributed by atoms with E-state index >= 15 is 0 Å². The fourth-order valence-corrected chi connectivity index (χ4v) is 2.92. The maximum Gasteiger partial charge on any atom is 0.125 e. The highest BCUT2D eigenvalue weighted by atomic mass is 35.5. The molecule has 0 fully saturated rings. The summed E-state index contributed by atoms with van der Waals surface area (Å²) in [5.41, 5.74) is 2.62. The minimum atomic E-state index is 0.151. The van der Waals surface area contributed by atoms with Crippen LogP contribution < -0.4 is 10.1 Å². The number of hydrogen-bond donors (Lipinski definition) is 1. The minimum absolute atomic E-state index is 0.151. The Labute approximate surface area is 126 Å². The smallest absolute Gasteiger partial charge is 0.125 e. The molecule has 0 unspecified atom stereocenters. The summed E-state index contributed by atoms with van der Waals surface area (Å²) < 4.78 is 10.8. The summed E-state index contributed by atoms with van der Waals surface area (Å²) in [6.07, 6.45) is 1.92. The van der Waals surface area contributed by atoms with Gasteiger partial charge in [-0.2, -0.15) is 0 Å². The Morgan fingerprint density at radius 3 is 2.95 bits per heavy atom. The average Bonchev–Trinajstić information content (AvgIpc) is 2.82. The van der Waals surface area contributed by atoms with Crippen LogP contribution in [0.25, 0.3) is 0 Å². The Morgan fingerprint density at radius 2 is 2.20 bits per heavy atom. The molecule has 0 spiro atoms. The third-order valence-corrected chi connectivity index (χ3v) is 3.80. The van der Waals surface area contributed by atoms with E-state index in [9.17, 15) is 0 Å². The van der Waals surface area contributed by atoms with E-state index in [2.05, 4.69) is 19.2 Å². The van der Waals surface area contributed by atoms with Crippen molar-refractivity contribution < 1.29 is 9.47 Å². The lowest BCUT2D eigenvalue weighted by Gasteiger charge is -2.26. The van der Waals surface area contributed by atoms with Gasteiger partial charge in [0.15, 0.2) is 0 Å². The second-order valence-electron chi connectivity index (χ2n) is 6.16. The van der Waals surface area contributed by atoms with Crippen molar-refractivity contribution >= 4 is 11.6 Å². The maximum atomic E-state index is 6.22. The van der Waals surface area contributed by atoms with E-state index in [1.54, 1.807) is 7.11 Å². The molecule has 1 aromatic rings. The molecule has 2 rings (SSSR count). The highest BCUT2D eigenvalue weighted by molar-refractivity contribution is 6.30. The van der Waals surface area contributed by atoms with Gasteiger partial charge in [-0.3, -0.25) is 0 Å². The zero-order chi connectivity index (χ0) is 14.6. The maximum absolute atomic E-state index is 6.22. The van der Waals surface area contributed by atoms with Gasteiger partial charge in [0.2, 0.25) is 0 Å². The number of fused-ring (bicyclic) bond motifs is 1. The number of hydrogen-bond acceptors (Lipinski definition) is 3. The zero-order valence-electron chi connectivity index (χ0n) is 12.6. The number of benzene rings is 1. The summed E-state index contributed by atoms with van der Waals surface area (Å²) in [5, 5.41) is 4.24. The van der Waals surface area contributed by atoms with Crippen LogP contribution in [0.5, 0.6) is 5.75 Å². The fourth-order valence-electron chi connectivity index (χ4n) is 2.66. The van der Waals surface area contributed by atoms with E-state index in [1.807, 2.05) is 12.1 Å². The zero-order valence-corrected chi connectivity index (χ0v) is 13.3. The number of rotatable bonds is 7. The van der Waals surface area contributed by atoms with Crippen LogP contribution in [0.4, 0.5) is 0 Å². The third kappa shape index (κ3) is 4.11. The van der Waals surface area contributed by atoms with Crippen LogP contribution >= 0.6 is 11.6 Å². The van der Waals surface area contributed by atoms with Crippen LogP contribution in [0.1, 0.15) is 25.0 Å². The van der Waals surface area contributed by atoms with Crippen molar-refractivity contribution in [2.24, 2.45) is 5.41 Å². The lowest BCUT2D eigenvalue weighted by molar-refractivity contribution is 0.193. The van der Waals surface area contributed by atoms with Crippen molar-refractivity contribution in [3.8, 4) is 5.75 Å². The number of halogens is 1. The van der Waals surface area contributed by atoms with Gasteiger partial charge in [0.05, 0.1) is 13.2 Å². The van der Waals surface area contributed by atoms with E-state index < -0.39 is 0 Å². The van der Waals surface area contributed by atoms with E-state index in [4.69, 9.17) is 21.1 Å². The van der Waals surface area contributed by atoms with Gasteiger partial charge in [0, 0.05) is 31.6 Å². The first-order valence-corrected chi connectivity index (χ1v) is 7.53. The molecular formula is C16H24ClNO2. The van der Waals surface area contributed by atoms with Crippen molar-refractivity contribution in [1.82, 2.24) is 5.32 Å². The van der Waals surface area contributed by atoms with Crippen LogP contribution in [-0.2, 0) is 17.6 Å². The first-order valence-electron chi connectivity index (χ1n) is 7.15. The van der Waals surface area contributed by atoms with Crippen molar-refractivity contribution in [3.05, 3.63) is 28.3 Å². The van der Waals surface area contributed by atoms with Crippen molar-refractivity contribution in [2.45, 2.75) is 26.7 Å². The van der Waals surface area contributed by atoms with Crippen molar-refractivity contribution in [2.75, 3.05) is 33.4 Å². The number of methoxy groups -OCH3 is 1. The van der Waals surface area contributed by atoms with Crippen LogP contribution in [0.15, 0.2) is 12.1 Å². The van der Waals surface area contributed by atoms with Crippen LogP contribution in [0.3, 0.4) is 0 Å². The monoisotopic (exact) mass is 297 g/mol. The number of nitrogens with one attached hydrogen (secondary N) is 1. The molecule has 1 aliphatic heterocycles.